The third-order valence-corrected chi connectivity index (χ3v) is 0.906. The fraction of sp³-hybridized carbons (Fsp3) is 0.143. The van der Waals surface area contributed by atoms with Crippen molar-refractivity contribution in [2.24, 2.45) is 5.73 Å². The zero-order valence-corrected chi connectivity index (χ0v) is 5.66. The van der Waals surface area contributed by atoms with E-state index in [9.17, 15) is 4.79 Å². The predicted octanol–water partition coefficient (Wildman–Crippen LogP) is 0.498. The summed E-state index contributed by atoms with van der Waals surface area (Å²) in [6.07, 6.45) is 4.23. The molecule has 0 aliphatic rings. The van der Waals surface area contributed by atoms with E-state index in [0.717, 1.165) is 0 Å². The van der Waals surface area contributed by atoms with E-state index in [1.54, 1.807) is 13.0 Å². The summed E-state index contributed by atoms with van der Waals surface area (Å²) in [6.45, 7) is 1.59. The van der Waals surface area contributed by atoms with Gasteiger partial charge in [0.25, 0.3) is 0 Å². The number of nitrogens with zero attached hydrogens (tertiary/aromatic N) is 1. The van der Waals surface area contributed by atoms with Crippen LogP contribution in [0.5, 0.6) is 0 Å². The third kappa shape index (κ3) is 3.44. The Hall–Kier alpha value is -1.56. The molecule has 0 radical (unpaired) electrons. The van der Waals surface area contributed by atoms with E-state index in [1.165, 1.54) is 18.2 Å². The quantitative estimate of drug-likeness (QED) is 0.341. The maximum atomic E-state index is 10.3. The minimum atomic E-state index is -0.470. The SMILES string of the molecule is CC(=CC=CC#N)C(N)=O. The number of primary amides is 1. The molecular formula is C7H8N2O. The van der Waals surface area contributed by atoms with Crippen LogP contribution in [0.1, 0.15) is 6.92 Å². The number of amides is 1. The molecule has 0 aromatic carbocycles. The molecule has 52 valence electrons. The first-order valence-electron chi connectivity index (χ1n) is 2.71. The first-order valence-corrected chi connectivity index (χ1v) is 2.71. The van der Waals surface area contributed by atoms with Gasteiger partial charge in [0, 0.05) is 11.6 Å². The van der Waals surface area contributed by atoms with Gasteiger partial charge >= 0.3 is 0 Å². The van der Waals surface area contributed by atoms with E-state index in [2.05, 4.69) is 0 Å². The van der Waals surface area contributed by atoms with E-state index in [-0.39, 0.29) is 0 Å². The van der Waals surface area contributed by atoms with Gasteiger partial charge in [-0.15, -0.1) is 0 Å². The minimum absolute atomic E-state index is 0.437. The van der Waals surface area contributed by atoms with E-state index in [4.69, 9.17) is 11.0 Å². The van der Waals surface area contributed by atoms with Crippen molar-refractivity contribution in [1.82, 2.24) is 0 Å². The molecule has 0 fully saturated rings. The fourth-order valence-electron chi connectivity index (χ4n) is 0.318. The standard InChI is InChI=1S/C7H8N2O/c1-6(7(9)10)4-2-3-5-8/h2-4H,1H3,(H2,9,10). The maximum Gasteiger partial charge on any atom is 0.244 e. The van der Waals surface area contributed by atoms with Gasteiger partial charge < -0.3 is 5.73 Å². The lowest BCUT2D eigenvalue weighted by atomic mass is 10.2. The van der Waals surface area contributed by atoms with Crippen molar-refractivity contribution in [3.63, 3.8) is 0 Å². The van der Waals surface area contributed by atoms with Crippen molar-refractivity contribution in [3.05, 3.63) is 23.8 Å². The molecule has 2 N–H and O–H groups in total. The molecule has 0 unspecified atom stereocenters. The largest absolute Gasteiger partial charge is 0.366 e. The minimum Gasteiger partial charge on any atom is -0.366 e. The molecule has 0 bridgehead atoms. The van der Waals surface area contributed by atoms with Gasteiger partial charge in [0.2, 0.25) is 5.91 Å². The lowest BCUT2D eigenvalue weighted by Crippen LogP contribution is -2.11. The Morgan fingerprint density at radius 1 is 1.70 bits per heavy atom. The maximum absolute atomic E-state index is 10.3. The number of rotatable bonds is 2. The van der Waals surface area contributed by atoms with Crippen molar-refractivity contribution < 1.29 is 4.79 Å². The van der Waals surface area contributed by atoms with Crippen molar-refractivity contribution in [2.75, 3.05) is 0 Å². The van der Waals surface area contributed by atoms with Crippen LogP contribution in [-0.2, 0) is 4.79 Å². The molecule has 0 aromatic heterocycles. The fourth-order valence-corrected chi connectivity index (χ4v) is 0.318. The van der Waals surface area contributed by atoms with Crippen LogP contribution in [-0.4, -0.2) is 5.91 Å². The highest BCUT2D eigenvalue weighted by atomic mass is 16.1. The average Bonchev–Trinajstić information content (AvgIpc) is 1.88. The molecule has 0 aromatic rings. The van der Waals surface area contributed by atoms with Gasteiger partial charge in [-0.2, -0.15) is 5.26 Å². The summed E-state index contributed by atoms with van der Waals surface area (Å²) < 4.78 is 0. The Kier molecular flexibility index (Phi) is 3.66. The molecule has 0 aliphatic carbocycles. The molecule has 0 spiro atoms. The Morgan fingerprint density at radius 2 is 2.30 bits per heavy atom. The lowest BCUT2D eigenvalue weighted by Gasteiger charge is -1.86. The van der Waals surface area contributed by atoms with Gasteiger partial charge in [-0.3, -0.25) is 4.79 Å². The number of allylic oxidation sites excluding steroid dienone is 3. The normalized spacial score (nSPS) is 11.4. The van der Waals surface area contributed by atoms with Gasteiger partial charge in [0.05, 0.1) is 6.07 Å². The zero-order chi connectivity index (χ0) is 7.98. The highest BCUT2D eigenvalue weighted by molar-refractivity contribution is 5.91. The van der Waals surface area contributed by atoms with Crippen LogP contribution in [0.2, 0.25) is 0 Å². The number of hydrogen-bond donors (Lipinski definition) is 1. The number of nitriles is 1. The first kappa shape index (κ1) is 8.44. The Bertz CT molecular complexity index is 220. The topological polar surface area (TPSA) is 66.9 Å². The molecule has 0 atom stereocenters. The second-order valence-electron chi connectivity index (χ2n) is 1.70. The van der Waals surface area contributed by atoms with Crippen LogP contribution in [0.4, 0.5) is 0 Å². The molecule has 0 aliphatic heterocycles. The molecular weight excluding hydrogens is 128 g/mol. The molecule has 0 saturated heterocycles. The smallest absolute Gasteiger partial charge is 0.244 e. The zero-order valence-electron chi connectivity index (χ0n) is 5.66. The van der Waals surface area contributed by atoms with Crippen molar-refractivity contribution in [2.45, 2.75) is 6.92 Å². The summed E-state index contributed by atoms with van der Waals surface area (Å²) >= 11 is 0. The van der Waals surface area contributed by atoms with Crippen molar-refractivity contribution in [3.8, 4) is 6.07 Å². The van der Waals surface area contributed by atoms with Crippen LogP contribution in [0.25, 0.3) is 0 Å². The molecule has 0 saturated carbocycles. The predicted molar refractivity (Wildman–Crippen MR) is 37.7 cm³/mol. The average molecular weight is 136 g/mol. The lowest BCUT2D eigenvalue weighted by molar-refractivity contribution is -0.114. The van der Waals surface area contributed by atoms with Gasteiger partial charge in [-0.05, 0) is 6.92 Å². The summed E-state index contributed by atoms with van der Waals surface area (Å²) in [5.74, 6) is -0.470. The summed E-state index contributed by atoms with van der Waals surface area (Å²) in [5.41, 5.74) is 5.33. The number of hydrogen-bond acceptors (Lipinski definition) is 2. The van der Waals surface area contributed by atoms with Gasteiger partial charge in [0.1, 0.15) is 0 Å². The highest BCUT2D eigenvalue weighted by Gasteiger charge is 1.91. The van der Waals surface area contributed by atoms with Crippen LogP contribution < -0.4 is 5.73 Å². The Morgan fingerprint density at radius 3 is 2.70 bits per heavy atom. The third-order valence-electron chi connectivity index (χ3n) is 0.906. The molecule has 10 heavy (non-hydrogen) atoms. The van der Waals surface area contributed by atoms with Gasteiger partial charge in [-0.25, -0.2) is 0 Å². The number of nitrogens with two attached hydrogens (primary N) is 1. The second-order valence-corrected chi connectivity index (χ2v) is 1.70. The molecule has 1 amide bonds. The van der Waals surface area contributed by atoms with E-state index >= 15 is 0 Å². The van der Waals surface area contributed by atoms with Crippen molar-refractivity contribution >= 4 is 5.91 Å². The molecule has 0 rings (SSSR count). The summed E-state index contributed by atoms with van der Waals surface area (Å²) in [6, 6.07) is 1.78. The monoisotopic (exact) mass is 136 g/mol. The van der Waals surface area contributed by atoms with Crippen LogP contribution in [0.15, 0.2) is 23.8 Å². The van der Waals surface area contributed by atoms with E-state index in [1.807, 2.05) is 0 Å². The van der Waals surface area contributed by atoms with Crippen LogP contribution >= 0.6 is 0 Å². The van der Waals surface area contributed by atoms with Crippen LogP contribution in [0.3, 0.4) is 0 Å². The molecule has 3 nitrogen and oxygen atoms in total. The summed E-state index contributed by atoms with van der Waals surface area (Å²) in [7, 11) is 0. The second kappa shape index (κ2) is 4.33. The first-order chi connectivity index (χ1) is 4.68. The summed E-state index contributed by atoms with van der Waals surface area (Å²) in [4.78, 5) is 10.3. The number of carbonyl (C=O) groups is 1. The molecule has 0 heterocycles. The van der Waals surface area contributed by atoms with E-state index < -0.39 is 5.91 Å². The molecule has 3 heteroatoms. The Labute approximate surface area is 59.4 Å². The number of carbonyl (C=O) groups excluding carboxylic acids is 1. The highest BCUT2D eigenvalue weighted by Crippen LogP contribution is 1.89. The van der Waals surface area contributed by atoms with Gasteiger partial charge in [0.15, 0.2) is 0 Å². The van der Waals surface area contributed by atoms with Crippen molar-refractivity contribution in [1.29, 1.82) is 5.26 Å². The summed E-state index contributed by atoms with van der Waals surface area (Å²) in [5, 5.41) is 8.04. The van der Waals surface area contributed by atoms with E-state index in [0.29, 0.717) is 5.57 Å². The Balaban J connectivity index is 4.08. The van der Waals surface area contributed by atoms with Crippen LogP contribution in [0, 0.1) is 11.3 Å². The van der Waals surface area contributed by atoms with Gasteiger partial charge in [-0.1, -0.05) is 12.2 Å².